The summed E-state index contributed by atoms with van der Waals surface area (Å²) in [5, 5.41) is 9.02. The Labute approximate surface area is 99.1 Å². The zero-order chi connectivity index (χ0) is 12.3. The fourth-order valence-corrected chi connectivity index (χ4v) is 2.27. The van der Waals surface area contributed by atoms with Crippen LogP contribution in [-0.4, -0.2) is 25.7 Å². The number of hydrogen-bond acceptors (Lipinski definition) is 4. The Morgan fingerprint density at radius 1 is 1.18 bits per heavy atom. The summed E-state index contributed by atoms with van der Waals surface area (Å²) in [7, 11) is -1.76. The molecule has 0 aliphatic carbocycles. The second-order valence-electron chi connectivity index (χ2n) is 3.37. The first-order valence-corrected chi connectivity index (χ1v) is 6.39. The van der Waals surface area contributed by atoms with Crippen LogP contribution in [0.1, 0.15) is 0 Å². The van der Waals surface area contributed by atoms with Gasteiger partial charge >= 0.3 is 0 Å². The van der Waals surface area contributed by atoms with Gasteiger partial charge < -0.3 is 5.32 Å². The van der Waals surface area contributed by atoms with Gasteiger partial charge in [-0.05, 0) is 24.3 Å². The molecule has 0 saturated carbocycles. The molecule has 0 aliphatic heterocycles. The molecule has 90 valence electrons. The molecular formula is C10H12N4O2S. The predicted molar refractivity (Wildman–Crippen MR) is 65.4 cm³/mol. The molecule has 2 aromatic rings. The Bertz CT molecular complexity index is 575. The van der Waals surface area contributed by atoms with E-state index in [-0.39, 0.29) is 4.90 Å². The lowest BCUT2D eigenvalue weighted by Gasteiger charge is -2.06. The molecule has 0 radical (unpaired) electrons. The molecule has 0 unspecified atom stereocenters. The van der Waals surface area contributed by atoms with Gasteiger partial charge in [-0.3, -0.25) is 9.82 Å². The number of nitrogens with zero attached hydrogens (tertiary/aromatic N) is 1. The number of nitrogens with one attached hydrogen (secondary N) is 3. The van der Waals surface area contributed by atoms with Crippen LogP contribution in [0.5, 0.6) is 0 Å². The molecule has 7 heteroatoms. The highest BCUT2D eigenvalue weighted by molar-refractivity contribution is 7.92. The number of H-pyrrole nitrogens is 1. The van der Waals surface area contributed by atoms with E-state index in [1.54, 1.807) is 31.3 Å². The molecule has 1 aromatic heterocycles. The number of anilines is 2. The minimum atomic E-state index is -3.55. The summed E-state index contributed by atoms with van der Waals surface area (Å²) in [6, 6.07) is 6.94. The lowest BCUT2D eigenvalue weighted by molar-refractivity contribution is 0.601. The van der Waals surface area contributed by atoms with Crippen molar-refractivity contribution in [2.45, 2.75) is 4.90 Å². The van der Waals surface area contributed by atoms with Gasteiger partial charge in [-0.15, -0.1) is 0 Å². The largest absolute Gasteiger partial charge is 0.388 e. The maximum absolute atomic E-state index is 11.8. The zero-order valence-corrected chi connectivity index (χ0v) is 9.95. The number of aromatic nitrogens is 2. The maximum Gasteiger partial charge on any atom is 0.265 e. The fraction of sp³-hybridized carbons (Fsp3) is 0.100. The Balaban J connectivity index is 2.21. The number of rotatable bonds is 4. The zero-order valence-electron chi connectivity index (χ0n) is 9.14. The predicted octanol–water partition coefficient (Wildman–Crippen LogP) is 1.25. The van der Waals surface area contributed by atoms with Gasteiger partial charge in [0.1, 0.15) is 4.90 Å². The molecule has 0 amide bonds. The van der Waals surface area contributed by atoms with Crippen molar-refractivity contribution in [1.82, 2.24) is 10.2 Å². The number of aromatic amines is 1. The first kappa shape index (κ1) is 11.5. The van der Waals surface area contributed by atoms with Crippen LogP contribution in [0, 0.1) is 0 Å². The van der Waals surface area contributed by atoms with Crippen molar-refractivity contribution in [3.63, 3.8) is 0 Å². The quantitative estimate of drug-likeness (QED) is 0.764. The third kappa shape index (κ3) is 2.56. The van der Waals surface area contributed by atoms with Gasteiger partial charge in [-0.25, -0.2) is 8.42 Å². The normalized spacial score (nSPS) is 11.1. The summed E-state index contributed by atoms with van der Waals surface area (Å²) in [6.07, 6.45) is 2.58. The van der Waals surface area contributed by atoms with Gasteiger partial charge in [0.2, 0.25) is 0 Å². The third-order valence-corrected chi connectivity index (χ3v) is 3.56. The maximum atomic E-state index is 11.8. The monoisotopic (exact) mass is 252 g/mol. The van der Waals surface area contributed by atoms with Crippen LogP contribution in [0.25, 0.3) is 0 Å². The molecule has 0 spiro atoms. The smallest absolute Gasteiger partial charge is 0.265 e. The van der Waals surface area contributed by atoms with Crippen LogP contribution in [-0.2, 0) is 10.0 Å². The van der Waals surface area contributed by atoms with E-state index >= 15 is 0 Å². The highest BCUT2D eigenvalue weighted by atomic mass is 32.2. The highest BCUT2D eigenvalue weighted by Gasteiger charge is 2.14. The first-order valence-electron chi connectivity index (χ1n) is 4.91. The second kappa shape index (κ2) is 4.46. The van der Waals surface area contributed by atoms with Crippen molar-refractivity contribution in [1.29, 1.82) is 0 Å². The van der Waals surface area contributed by atoms with E-state index < -0.39 is 10.0 Å². The Morgan fingerprint density at radius 2 is 1.82 bits per heavy atom. The molecule has 0 saturated heterocycles. The summed E-state index contributed by atoms with van der Waals surface area (Å²) >= 11 is 0. The molecular weight excluding hydrogens is 240 g/mol. The average Bonchev–Trinajstić information content (AvgIpc) is 2.84. The van der Waals surface area contributed by atoms with E-state index in [4.69, 9.17) is 0 Å². The lowest BCUT2D eigenvalue weighted by atomic mass is 10.3. The van der Waals surface area contributed by atoms with Gasteiger partial charge in [0.15, 0.2) is 0 Å². The van der Waals surface area contributed by atoms with Crippen LogP contribution in [0.3, 0.4) is 0 Å². The molecule has 0 fully saturated rings. The van der Waals surface area contributed by atoms with Crippen LogP contribution in [0.4, 0.5) is 11.4 Å². The molecule has 2 rings (SSSR count). The minimum absolute atomic E-state index is 0.107. The number of sulfonamides is 1. The molecule has 0 atom stereocenters. The summed E-state index contributed by atoms with van der Waals surface area (Å²) in [6.45, 7) is 0. The van der Waals surface area contributed by atoms with E-state index in [1.165, 1.54) is 12.4 Å². The minimum Gasteiger partial charge on any atom is -0.388 e. The molecule has 1 heterocycles. The van der Waals surface area contributed by atoms with Crippen LogP contribution < -0.4 is 10.0 Å². The average molecular weight is 252 g/mol. The van der Waals surface area contributed by atoms with Crippen molar-refractivity contribution in [3.8, 4) is 0 Å². The van der Waals surface area contributed by atoms with Gasteiger partial charge in [0.05, 0.1) is 6.20 Å². The number of hydrogen-bond donors (Lipinski definition) is 3. The summed E-state index contributed by atoms with van der Waals surface area (Å²) < 4.78 is 26.1. The van der Waals surface area contributed by atoms with Gasteiger partial charge in [0.25, 0.3) is 10.0 Å². The van der Waals surface area contributed by atoms with E-state index in [0.29, 0.717) is 5.69 Å². The van der Waals surface area contributed by atoms with Crippen LogP contribution >= 0.6 is 0 Å². The third-order valence-electron chi connectivity index (χ3n) is 2.21. The number of benzene rings is 1. The SMILES string of the molecule is CNc1ccc(NS(=O)(=O)c2cn[nH]c2)cc1. The van der Waals surface area contributed by atoms with Gasteiger partial charge in [-0.1, -0.05) is 0 Å². The van der Waals surface area contributed by atoms with Gasteiger partial charge in [-0.2, -0.15) is 5.10 Å². The molecule has 6 nitrogen and oxygen atoms in total. The fourth-order valence-electron chi connectivity index (χ4n) is 1.31. The molecule has 0 aliphatic rings. The summed E-state index contributed by atoms with van der Waals surface area (Å²) in [4.78, 5) is 0.107. The van der Waals surface area contributed by atoms with E-state index in [1.807, 2.05) is 0 Å². The Morgan fingerprint density at radius 3 is 2.35 bits per heavy atom. The standard InChI is InChI=1S/C10H12N4O2S/c1-11-8-2-4-9(5-3-8)14-17(15,16)10-6-12-13-7-10/h2-7,11,14H,1H3,(H,12,13). The molecule has 0 bridgehead atoms. The summed E-state index contributed by atoms with van der Waals surface area (Å²) in [5.41, 5.74) is 1.42. The van der Waals surface area contributed by atoms with Crippen molar-refractivity contribution < 1.29 is 8.42 Å². The Hall–Kier alpha value is -2.02. The van der Waals surface area contributed by atoms with Crippen molar-refractivity contribution in [2.75, 3.05) is 17.1 Å². The van der Waals surface area contributed by atoms with Crippen molar-refractivity contribution in [3.05, 3.63) is 36.7 Å². The van der Waals surface area contributed by atoms with Crippen LogP contribution in [0.15, 0.2) is 41.6 Å². The second-order valence-corrected chi connectivity index (χ2v) is 5.05. The topological polar surface area (TPSA) is 86.9 Å². The van der Waals surface area contributed by atoms with Gasteiger partial charge in [0, 0.05) is 24.6 Å². The molecule has 17 heavy (non-hydrogen) atoms. The summed E-state index contributed by atoms with van der Waals surface area (Å²) in [5.74, 6) is 0. The molecule has 1 aromatic carbocycles. The lowest BCUT2D eigenvalue weighted by Crippen LogP contribution is -2.12. The van der Waals surface area contributed by atoms with E-state index in [2.05, 4.69) is 20.2 Å². The Kier molecular flexibility index (Phi) is 3.01. The first-order chi connectivity index (χ1) is 8.12. The molecule has 3 N–H and O–H groups in total. The van der Waals surface area contributed by atoms with Crippen molar-refractivity contribution >= 4 is 21.4 Å². The van der Waals surface area contributed by atoms with E-state index in [9.17, 15) is 8.42 Å². The van der Waals surface area contributed by atoms with Crippen LogP contribution in [0.2, 0.25) is 0 Å². The van der Waals surface area contributed by atoms with Crippen molar-refractivity contribution in [2.24, 2.45) is 0 Å². The van der Waals surface area contributed by atoms with E-state index in [0.717, 1.165) is 5.69 Å². The highest BCUT2D eigenvalue weighted by Crippen LogP contribution is 2.17.